The Labute approximate surface area is 181 Å². The minimum Gasteiger partial charge on any atom is -0.480 e. The molecule has 1 N–H and O–H groups in total. The number of carbonyl (C=O) groups is 2. The number of benzene rings is 4. The predicted octanol–water partition coefficient (Wildman–Crippen LogP) is 5.87. The van der Waals surface area contributed by atoms with Crippen molar-refractivity contribution in [3.63, 3.8) is 0 Å². The first-order valence-electron chi connectivity index (χ1n) is 10.3. The van der Waals surface area contributed by atoms with Crippen LogP contribution in [0.1, 0.15) is 29.3 Å². The van der Waals surface area contributed by atoms with Crippen molar-refractivity contribution in [1.29, 1.82) is 0 Å². The summed E-state index contributed by atoms with van der Waals surface area (Å²) in [4.78, 5) is 26.0. The van der Waals surface area contributed by atoms with E-state index in [1.807, 2.05) is 67.6 Å². The first-order valence-corrected chi connectivity index (χ1v) is 10.3. The highest BCUT2D eigenvalue weighted by Crippen LogP contribution is 2.27. The highest BCUT2D eigenvalue weighted by atomic mass is 16.5. The van der Waals surface area contributed by atoms with E-state index in [4.69, 9.17) is 4.74 Å². The summed E-state index contributed by atoms with van der Waals surface area (Å²) in [6.07, 6.45) is -0.199. The largest absolute Gasteiger partial charge is 0.480 e. The number of para-hydroxylation sites is 1. The van der Waals surface area contributed by atoms with Gasteiger partial charge in [0.2, 0.25) is 0 Å². The summed E-state index contributed by atoms with van der Waals surface area (Å²) in [5.74, 6) is 0.233. The molecule has 0 aliphatic heterocycles. The van der Waals surface area contributed by atoms with Gasteiger partial charge in [0.15, 0.2) is 11.9 Å². The Morgan fingerprint density at radius 3 is 2.29 bits per heavy atom. The van der Waals surface area contributed by atoms with Crippen LogP contribution in [0.25, 0.3) is 10.8 Å². The van der Waals surface area contributed by atoms with Gasteiger partial charge in [0.05, 0.1) is 5.69 Å². The first-order chi connectivity index (χ1) is 15.2. The van der Waals surface area contributed by atoms with E-state index >= 15 is 0 Å². The van der Waals surface area contributed by atoms with Crippen LogP contribution in [0.4, 0.5) is 5.69 Å². The zero-order chi connectivity index (χ0) is 21.6. The van der Waals surface area contributed by atoms with Gasteiger partial charge in [-0.3, -0.25) is 9.59 Å². The molecule has 154 valence electrons. The number of carbonyl (C=O) groups excluding carboxylic acids is 2. The molecule has 0 saturated carbocycles. The van der Waals surface area contributed by atoms with Crippen LogP contribution in [0.2, 0.25) is 0 Å². The molecule has 0 radical (unpaired) electrons. The van der Waals surface area contributed by atoms with E-state index in [2.05, 4.69) is 5.32 Å². The van der Waals surface area contributed by atoms with Gasteiger partial charge >= 0.3 is 0 Å². The maximum absolute atomic E-state index is 13.0. The Bertz CT molecular complexity index is 1210. The molecule has 1 amide bonds. The summed E-state index contributed by atoms with van der Waals surface area (Å²) >= 11 is 0. The first kappa shape index (κ1) is 20.4. The van der Waals surface area contributed by atoms with Crippen LogP contribution in [0.5, 0.6) is 5.75 Å². The van der Waals surface area contributed by atoms with E-state index in [9.17, 15) is 9.59 Å². The molecule has 0 saturated heterocycles. The lowest BCUT2D eigenvalue weighted by atomic mass is 10.0. The molecule has 0 heterocycles. The number of ether oxygens (including phenoxy) is 1. The van der Waals surface area contributed by atoms with Crippen LogP contribution in [0.3, 0.4) is 0 Å². The van der Waals surface area contributed by atoms with Crippen LogP contribution >= 0.6 is 0 Å². The van der Waals surface area contributed by atoms with Crippen molar-refractivity contribution < 1.29 is 14.3 Å². The average Bonchev–Trinajstić information content (AvgIpc) is 2.83. The molecule has 0 aliphatic carbocycles. The minimum atomic E-state index is -0.689. The fraction of sp³-hybridized carbons (Fsp3) is 0.111. The summed E-state index contributed by atoms with van der Waals surface area (Å²) < 4.78 is 6.10. The number of ketones is 1. The van der Waals surface area contributed by atoms with E-state index < -0.39 is 6.10 Å². The zero-order valence-corrected chi connectivity index (χ0v) is 17.2. The van der Waals surface area contributed by atoms with Gasteiger partial charge in [0.25, 0.3) is 5.91 Å². The Kier molecular flexibility index (Phi) is 6.08. The van der Waals surface area contributed by atoms with Crippen LogP contribution in [0, 0.1) is 0 Å². The molecule has 4 aromatic carbocycles. The minimum absolute atomic E-state index is 0.139. The maximum atomic E-state index is 13.0. The van der Waals surface area contributed by atoms with Crippen molar-refractivity contribution in [2.75, 3.05) is 5.32 Å². The fourth-order valence-electron chi connectivity index (χ4n) is 3.52. The number of rotatable bonds is 7. The van der Waals surface area contributed by atoms with Gasteiger partial charge < -0.3 is 10.1 Å². The quantitative estimate of drug-likeness (QED) is 0.389. The predicted molar refractivity (Wildman–Crippen MR) is 124 cm³/mol. The van der Waals surface area contributed by atoms with Crippen molar-refractivity contribution in [3.8, 4) is 5.75 Å². The van der Waals surface area contributed by atoms with Crippen molar-refractivity contribution in [2.24, 2.45) is 0 Å². The molecule has 4 aromatic rings. The van der Waals surface area contributed by atoms with E-state index in [1.165, 1.54) is 0 Å². The fourth-order valence-corrected chi connectivity index (χ4v) is 3.52. The molecule has 1 unspecified atom stereocenters. The molecule has 0 fully saturated rings. The molecule has 0 aliphatic rings. The Balaban J connectivity index is 1.57. The van der Waals surface area contributed by atoms with Crippen molar-refractivity contribution in [2.45, 2.75) is 19.4 Å². The number of anilines is 1. The van der Waals surface area contributed by atoms with Crippen LogP contribution in [-0.4, -0.2) is 17.8 Å². The zero-order valence-electron chi connectivity index (χ0n) is 17.2. The van der Waals surface area contributed by atoms with Crippen LogP contribution in [-0.2, 0) is 4.79 Å². The number of fused-ring (bicyclic) bond motifs is 1. The SMILES string of the molecule is CCC(Oc1cccc2ccccc12)C(=O)Nc1ccccc1C(=O)c1ccccc1. The second-order valence-electron chi connectivity index (χ2n) is 7.22. The lowest BCUT2D eigenvalue weighted by Crippen LogP contribution is -2.33. The van der Waals surface area contributed by atoms with Gasteiger partial charge in [0, 0.05) is 16.5 Å². The number of amides is 1. The van der Waals surface area contributed by atoms with Gasteiger partial charge in [-0.15, -0.1) is 0 Å². The van der Waals surface area contributed by atoms with Crippen molar-refractivity contribution >= 4 is 28.2 Å². The number of hydrogen-bond donors (Lipinski definition) is 1. The molecular weight excluding hydrogens is 386 g/mol. The molecule has 0 bridgehead atoms. The molecular formula is C27H23NO3. The molecule has 4 nitrogen and oxygen atoms in total. The monoisotopic (exact) mass is 409 g/mol. The standard InChI is InChI=1S/C27H23NO3/c1-2-24(31-25-18-10-14-19-11-6-7-15-21(19)25)27(30)28-23-17-9-8-16-22(23)26(29)20-12-4-3-5-13-20/h3-18,24H,2H2,1H3,(H,28,30). The summed E-state index contributed by atoms with van der Waals surface area (Å²) in [7, 11) is 0. The van der Waals surface area contributed by atoms with E-state index in [1.54, 1.807) is 36.4 Å². The lowest BCUT2D eigenvalue weighted by Gasteiger charge is -2.19. The second kappa shape index (κ2) is 9.26. The molecule has 31 heavy (non-hydrogen) atoms. The van der Waals surface area contributed by atoms with Gasteiger partial charge in [0.1, 0.15) is 5.75 Å². The molecule has 0 spiro atoms. The van der Waals surface area contributed by atoms with Crippen molar-refractivity contribution in [1.82, 2.24) is 0 Å². The van der Waals surface area contributed by atoms with E-state index in [0.29, 0.717) is 29.0 Å². The summed E-state index contributed by atoms with van der Waals surface area (Å²) in [5.41, 5.74) is 1.49. The average molecular weight is 409 g/mol. The van der Waals surface area contributed by atoms with E-state index in [-0.39, 0.29) is 11.7 Å². The molecule has 4 rings (SSSR count). The maximum Gasteiger partial charge on any atom is 0.265 e. The number of nitrogens with one attached hydrogen (secondary N) is 1. The number of hydrogen-bond acceptors (Lipinski definition) is 3. The molecule has 4 heteroatoms. The topological polar surface area (TPSA) is 55.4 Å². The smallest absolute Gasteiger partial charge is 0.265 e. The molecule has 0 aromatic heterocycles. The van der Waals surface area contributed by atoms with E-state index in [0.717, 1.165) is 10.8 Å². The van der Waals surface area contributed by atoms with Gasteiger partial charge in [-0.1, -0.05) is 85.8 Å². The summed E-state index contributed by atoms with van der Waals surface area (Å²) in [6.45, 7) is 1.90. The summed E-state index contributed by atoms with van der Waals surface area (Å²) in [6, 6.07) is 29.8. The Morgan fingerprint density at radius 1 is 0.806 bits per heavy atom. The Morgan fingerprint density at radius 2 is 1.48 bits per heavy atom. The third-order valence-corrected chi connectivity index (χ3v) is 5.15. The van der Waals surface area contributed by atoms with Gasteiger partial charge in [-0.2, -0.15) is 0 Å². The third kappa shape index (κ3) is 4.48. The lowest BCUT2D eigenvalue weighted by molar-refractivity contribution is -0.122. The Hall–Kier alpha value is -3.92. The summed E-state index contributed by atoms with van der Waals surface area (Å²) in [5, 5.41) is 4.90. The van der Waals surface area contributed by atoms with Crippen LogP contribution in [0.15, 0.2) is 97.1 Å². The van der Waals surface area contributed by atoms with Crippen LogP contribution < -0.4 is 10.1 Å². The third-order valence-electron chi connectivity index (χ3n) is 5.15. The highest BCUT2D eigenvalue weighted by molar-refractivity contribution is 6.14. The second-order valence-corrected chi connectivity index (χ2v) is 7.22. The molecule has 1 atom stereocenters. The highest BCUT2D eigenvalue weighted by Gasteiger charge is 2.22. The normalized spacial score (nSPS) is 11.6. The van der Waals surface area contributed by atoms with Gasteiger partial charge in [-0.05, 0) is 30.0 Å². The van der Waals surface area contributed by atoms with Gasteiger partial charge in [-0.25, -0.2) is 0 Å². The van der Waals surface area contributed by atoms with Crippen molar-refractivity contribution in [3.05, 3.63) is 108 Å².